The van der Waals surface area contributed by atoms with Gasteiger partial charge in [-0.05, 0) is 151 Å². The molecule has 0 aromatic heterocycles. The second kappa shape index (κ2) is 12.9. The molecule has 12 rings (SSSR count). The van der Waals surface area contributed by atoms with Crippen LogP contribution < -0.4 is 0 Å². The van der Waals surface area contributed by atoms with E-state index in [4.69, 9.17) is 0 Å². The van der Waals surface area contributed by atoms with Crippen molar-refractivity contribution in [3.8, 4) is 55.6 Å². The predicted octanol–water partition coefficient (Wildman–Crippen LogP) is 16.4. The Hall–Kier alpha value is -7.28. The van der Waals surface area contributed by atoms with Crippen molar-refractivity contribution in [3.63, 3.8) is 0 Å². The van der Waals surface area contributed by atoms with Crippen LogP contribution in [0.15, 0.2) is 206 Å². The minimum Gasteiger partial charge on any atom is -0.0616 e. The maximum absolute atomic E-state index is 2.43. The monoisotopic (exact) mass is 748 g/mol. The van der Waals surface area contributed by atoms with Crippen molar-refractivity contribution in [2.45, 2.75) is 19.3 Å². The molecule has 11 aromatic carbocycles. The largest absolute Gasteiger partial charge is 0.0616 e. The first-order valence-corrected chi connectivity index (χ1v) is 20.8. The van der Waals surface area contributed by atoms with Gasteiger partial charge in [0.1, 0.15) is 0 Å². The first-order valence-electron chi connectivity index (χ1n) is 20.8. The molecule has 0 aliphatic heterocycles. The highest BCUT2D eigenvalue weighted by Crippen LogP contribution is 2.52. The van der Waals surface area contributed by atoms with Crippen LogP contribution in [0.1, 0.15) is 25.0 Å². The highest BCUT2D eigenvalue weighted by Gasteiger charge is 2.36. The summed E-state index contributed by atoms with van der Waals surface area (Å²) in [4.78, 5) is 0. The van der Waals surface area contributed by atoms with Gasteiger partial charge in [-0.2, -0.15) is 0 Å². The van der Waals surface area contributed by atoms with Crippen LogP contribution in [0.4, 0.5) is 0 Å². The normalized spacial score (nSPS) is 13.1. The Kier molecular flexibility index (Phi) is 7.38. The van der Waals surface area contributed by atoms with E-state index in [1.165, 1.54) is 121 Å². The summed E-state index contributed by atoms with van der Waals surface area (Å²) in [5.41, 5.74) is 15.4. The first kappa shape index (κ1) is 33.8. The highest BCUT2D eigenvalue weighted by atomic mass is 14.4. The molecule has 0 atom stereocenters. The Labute approximate surface area is 344 Å². The predicted molar refractivity (Wildman–Crippen MR) is 253 cm³/mol. The van der Waals surface area contributed by atoms with E-state index in [2.05, 4.69) is 220 Å². The molecule has 0 unspecified atom stereocenters. The lowest BCUT2D eigenvalue weighted by molar-refractivity contribution is 0.661. The summed E-state index contributed by atoms with van der Waals surface area (Å²) in [6.45, 7) is 4.74. The van der Waals surface area contributed by atoms with E-state index in [-0.39, 0.29) is 5.41 Å². The van der Waals surface area contributed by atoms with E-state index >= 15 is 0 Å². The average molecular weight is 749 g/mol. The molecule has 59 heavy (non-hydrogen) atoms. The van der Waals surface area contributed by atoms with E-state index in [9.17, 15) is 0 Å². The molecule has 1 aliphatic carbocycles. The lowest BCUT2D eigenvalue weighted by Crippen LogP contribution is -2.14. The van der Waals surface area contributed by atoms with Gasteiger partial charge in [0.2, 0.25) is 0 Å². The fourth-order valence-electron chi connectivity index (χ4n) is 10.4. The van der Waals surface area contributed by atoms with Gasteiger partial charge >= 0.3 is 0 Å². The van der Waals surface area contributed by atoms with Gasteiger partial charge in [0.25, 0.3) is 0 Å². The minimum atomic E-state index is -0.0608. The molecular weight excluding hydrogens is 709 g/mol. The van der Waals surface area contributed by atoms with Crippen molar-refractivity contribution < 1.29 is 0 Å². The van der Waals surface area contributed by atoms with E-state index in [1.54, 1.807) is 0 Å². The van der Waals surface area contributed by atoms with E-state index in [0.29, 0.717) is 0 Å². The van der Waals surface area contributed by atoms with Crippen LogP contribution in [-0.2, 0) is 5.41 Å². The Bertz CT molecular complexity index is 3470. The molecule has 11 aromatic rings. The van der Waals surface area contributed by atoms with Gasteiger partial charge in [-0.1, -0.05) is 190 Å². The molecule has 0 N–H and O–H groups in total. The molecule has 0 heteroatoms. The summed E-state index contributed by atoms with van der Waals surface area (Å²) in [5, 5.41) is 12.7. The van der Waals surface area contributed by atoms with E-state index < -0.39 is 0 Å². The second-order valence-corrected chi connectivity index (χ2v) is 16.8. The van der Waals surface area contributed by atoms with E-state index in [0.717, 1.165) is 0 Å². The third-order valence-corrected chi connectivity index (χ3v) is 13.2. The number of hydrogen-bond donors (Lipinski definition) is 0. The maximum Gasteiger partial charge on any atom is 0.0159 e. The molecule has 0 bridgehead atoms. The standard InChI is InChI=1S/C59H40/c1-59(2)55-31-30-40(34-53(55)54-33-38-16-3-4-17-39(38)36-56(54)59)37-19-15-20-42(32-37)57-48-26-11-13-28-50(48)58(51-29-14-12-27-49(51)57)47-25-10-9-24-46(47)52-35-41-18-5-6-21-43(41)44-22-7-8-23-45(44)52/h3-36H,1-2H3. The summed E-state index contributed by atoms with van der Waals surface area (Å²) >= 11 is 0. The van der Waals surface area contributed by atoms with Gasteiger partial charge in [-0.3, -0.25) is 0 Å². The maximum atomic E-state index is 2.43. The zero-order valence-corrected chi connectivity index (χ0v) is 33.1. The molecule has 1 aliphatic rings. The highest BCUT2D eigenvalue weighted by molar-refractivity contribution is 6.23. The van der Waals surface area contributed by atoms with Crippen LogP contribution in [0, 0.1) is 0 Å². The Morgan fingerprint density at radius 3 is 1.46 bits per heavy atom. The summed E-state index contributed by atoms with van der Waals surface area (Å²) < 4.78 is 0. The Morgan fingerprint density at radius 1 is 0.254 bits per heavy atom. The first-order chi connectivity index (χ1) is 29.0. The zero-order valence-electron chi connectivity index (χ0n) is 33.1. The van der Waals surface area contributed by atoms with Gasteiger partial charge in [-0.15, -0.1) is 0 Å². The summed E-state index contributed by atoms with van der Waals surface area (Å²) in [7, 11) is 0. The van der Waals surface area contributed by atoms with Gasteiger partial charge in [0.05, 0.1) is 0 Å². The van der Waals surface area contributed by atoms with Crippen molar-refractivity contribution in [1.29, 1.82) is 0 Å². The van der Waals surface area contributed by atoms with Crippen LogP contribution in [0.3, 0.4) is 0 Å². The topological polar surface area (TPSA) is 0 Å². The third kappa shape index (κ3) is 5.09. The van der Waals surface area contributed by atoms with Crippen molar-refractivity contribution in [1.82, 2.24) is 0 Å². The minimum absolute atomic E-state index is 0.0608. The smallest absolute Gasteiger partial charge is 0.0159 e. The average Bonchev–Trinajstić information content (AvgIpc) is 3.51. The zero-order chi connectivity index (χ0) is 39.2. The molecule has 0 saturated carbocycles. The molecule has 0 nitrogen and oxygen atoms in total. The molecule has 0 radical (unpaired) electrons. The molecule has 0 heterocycles. The molecule has 276 valence electrons. The number of fused-ring (bicyclic) bond motifs is 9. The fraction of sp³-hybridized carbons (Fsp3) is 0.0508. The molecular formula is C59H40. The summed E-state index contributed by atoms with van der Waals surface area (Å²) in [6.07, 6.45) is 0. The van der Waals surface area contributed by atoms with Crippen molar-refractivity contribution in [2.24, 2.45) is 0 Å². The quantitative estimate of drug-likeness (QED) is 0.124. The number of rotatable bonds is 4. The van der Waals surface area contributed by atoms with Gasteiger partial charge in [0.15, 0.2) is 0 Å². The second-order valence-electron chi connectivity index (χ2n) is 16.8. The van der Waals surface area contributed by atoms with Gasteiger partial charge in [0, 0.05) is 5.41 Å². The van der Waals surface area contributed by atoms with Crippen LogP contribution in [-0.4, -0.2) is 0 Å². The van der Waals surface area contributed by atoms with Crippen LogP contribution >= 0.6 is 0 Å². The SMILES string of the molecule is CC1(C)c2ccc(-c3cccc(-c4c5ccccc5c(-c5ccccc5-c5cc6ccccc6c6ccccc56)c5ccccc45)c3)cc2-c2cc3ccccc3cc21. The van der Waals surface area contributed by atoms with E-state index in [1.807, 2.05) is 0 Å². The van der Waals surface area contributed by atoms with Crippen molar-refractivity contribution >= 4 is 53.9 Å². The van der Waals surface area contributed by atoms with Crippen molar-refractivity contribution in [2.75, 3.05) is 0 Å². The summed E-state index contributed by atoms with van der Waals surface area (Å²) in [5.74, 6) is 0. The lowest BCUT2D eigenvalue weighted by Gasteiger charge is -2.22. The number of benzene rings is 11. The Morgan fingerprint density at radius 2 is 0.746 bits per heavy atom. The van der Waals surface area contributed by atoms with Gasteiger partial charge < -0.3 is 0 Å². The van der Waals surface area contributed by atoms with Gasteiger partial charge in [-0.25, -0.2) is 0 Å². The van der Waals surface area contributed by atoms with Crippen LogP contribution in [0.5, 0.6) is 0 Å². The van der Waals surface area contributed by atoms with Crippen molar-refractivity contribution in [3.05, 3.63) is 217 Å². The molecule has 0 saturated heterocycles. The number of hydrogen-bond acceptors (Lipinski definition) is 0. The van der Waals surface area contributed by atoms with Crippen LogP contribution in [0.25, 0.3) is 109 Å². The molecule has 0 fully saturated rings. The molecule has 0 amide bonds. The fourth-order valence-corrected chi connectivity index (χ4v) is 10.4. The Balaban J connectivity index is 1.05. The molecule has 0 spiro atoms. The third-order valence-electron chi connectivity index (χ3n) is 13.2. The summed E-state index contributed by atoms with van der Waals surface area (Å²) in [6, 6.07) is 77.0. The van der Waals surface area contributed by atoms with Crippen LogP contribution in [0.2, 0.25) is 0 Å². The lowest BCUT2D eigenvalue weighted by atomic mass is 9.81.